The van der Waals surface area contributed by atoms with Gasteiger partial charge in [0.05, 0.1) is 30.7 Å². The van der Waals surface area contributed by atoms with Gasteiger partial charge in [-0.2, -0.15) is 0 Å². The van der Waals surface area contributed by atoms with Gasteiger partial charge in [0.2, 0.25) is 0 Å². The summed E-state index contributed by atoms with van der Waals surface area (Å²) in [5.74, 6) is 0.422. The SMILES string of the molecule is CCCCCCCCCCCCCCCCOCCCO[P@@](=O)(CO[C@H](C)Cc1nc(N)c2[nH]cnc2n1)NCCc1ccccc1C(=O)OC(C)C. The number of ether oxygens (including phenoxy) is 3. The van der Waals surface area contributed by atoms with E-state index in [1.165, 1.54) is 89.8 Å². The fraction of sp³-hybridized carbons (Fsp3) is 0.700. The van der Waals surface area contributed by atoms with Gasteiger partial charge in [-0.15, -0.1) is 0 Å². The van der Waals surface area contributed by atoms with Crippen molar-refractivity contribution in [3.63, 3.8) is 0 Å². The van der Waals surface area contributed by atoms with Crippen LogP contribution in [0.4, 0.5) is 5.82 Å². The number of nitrogens with zero attached hydrogens (tertiary/aromatic N) is 3. The van der Waals surface area contributed by atoms with E-state index in [-0.39, 0.29) is 31.1 Å². The number of nitrogen functional groups attached to an aromatic ring is 1. The summed E-state index contributed by atoms with van der Waals surface area (Å²) < 4.78 is 37.3. The molecule has 0 amide bonds. The van der Waals surface area contributed by atoms with Crippen molar-refractivity contribution in [3.05, 3.63) is 47.5 Å². The molecular weight excluding hydrogens is 691 g/mol. The Balaban J connectivity index is 1.37. The highest BCUT2D eigenvalue weighted by Gasteiger charge is 2.25. The summed E-state index contributed by atoms with van der Waals surface area (Å²) in [6, 6.07) is 7.30. The lowest BCUT2D eigenvalue weighted by Gasteiger charge is -2.22. The molecule has 2 atom stereocenters. The minimum atomic E-state index is -3.43. The van der Waals surface area contributed by atoms with Crippen LogP contribution in [0.15, 0.2) is 30.6 Å². The number of benzene rings is 1. The molecule has 0 aliphatic rings. The molecule has 0 bridgehead atoms. The molecule has 2 heterocycles. The monoisotopic (exact) mass is 758 g/mol. The van der Waals surface area contributed by atoms with Gasteiger partial charge in [0.15, 0.2) is 11.5 Å². The zero-order chi connectivity index (χ0) is 38.2. The Morgan fingerprint density at radius 1 is 0.868 bits per heavy atom. The molecule has 0 aliphatic carbocycles. The number of carbonyl (C=O) groups is 1. The summed E-state index contributed by atoms with van der Waals surface area (Å²) in [5, 5.41) is 3.11. The van der Waals surface area contributed by atoms with E-state index in [4.69, 9.17) is 24.5 Å². The predicted molar refractivity (Wildman–Crippen MR) is 213 cm³/mol. The highest BCUT2D eigenvalue weighted by Crippen LogP contribution is 2.42. The Morgan fingerprint density at radius 2 is 1.51 bits per heavy atom. The van der Waals surface area contributed by atoms with Gasteiger partial charge in [-0.05, 0) is 51.7 Å². The molecule has 0 saturated heterocycles. The van der Waals surface area contributed by atoms with E-state index in [0.717, 1.165) is 18.6 Å². The van der Waals surface area contributed by atoms with Gasteiger partial charge in [0.25, 0.3) is 7.52 Å². The highest BCUT2D eigenvalue weighted by atomic mass is 31.2. The number of fused-ring (bicyclic) bond motifs is 1. The maximum Gasteiger partial charge on any atom is 0.338 e. The van der Waals surface area contributed by atoms with E-state index in [1.54, 1.807) is 12.1 Å². The van der Waals surface area contributed by atoms with Crippen molar-refractivity contribution in [2.75, 3.05) is 38.4 Å². The van der Waals surface area contributed by atoms with Crippen LogP contribution in [0, 0.1) is 0 Å². The maximum absolute atomic E-state index is 14.0. The number of rotatable bonds is 31. The first-order valence-electron chi connectivity index (χ1n) is 20.1. The highest BCUT2D eigenvalue weighted by molar-refractivity contribution is 7.56. The largest absolute Gasteiger partial charge is 0.459 e. The molecular formula is C40H67N6O6P. The second-order valence-electron chi connectivity index (χ2n) is 14.3. The van der Waals surface area contributed by atoms with Crippen LogP contribution in [0.1, 0.15) is 146 Å². The molecule has 0 radical (unpaired) electrons. The lowest BCUT2D eigenvalue weighted by molar-refractivity contribution is 0.0376. The molecule has 0 unspecified atom stereocenters. The third-order valence-corrected chi connectivity index (χ3v) is 10.9. The molecule has 53 heavy (non-hydrogen) atoms. The zero-order valence-electron chi connectivity index (χ0n) is 32.9. The molecule has 3 rings (SSSR count). The quantitative estimate of drug-likeness (QED) is 0.0325. The molecule has 4 N–H and O–H groups in total. The number of esters is 1. The van der Waals surface area contributed by atoms with Gasteiger partial charge in [-0.1, -0.05) is 109 Å². The number of H-pyrrole nitrogens is 1. The molecule has 1 aromatic carbocycles. The number of nitrogens with two attached hydrogens (primary N) is 1. The number of unbranched alkanes of at least 4 members (excludes halogenated alkanes) is 13. The predicted octanol–water partition coefficient (Wildman–Crippen LogP) is 9.34. The Bertz CT molecular complexity index is 1490. The van der Waals surface area contributed by atoms with E-state index in [1.807, 2.05) is 32.9 Å². The minimum absolute atomic E-state index is 0.148. The third-order valence-electron chi connectivity index (χ3n) is 9.06. The molecule has 0 spiro atoms. The van der Waals surface area contributed by atoms with E-state index in [9.17, 15) is 9.36 Å². The summed E-state index contributed by atoms with van der Waals surface area (Å²) in [4.78, 5) is 28.6. The fourth-order valence-electron chi connectivity index (χ4n) is 6.11. The summed E-state index contributed by atoms with van der Waals surface area (Å²) in [6.45, 7) is 9.60. The summed E-state index contributed by atoms with van der Waals surface area (Å²) in [6.07, 6.45) is 20.8. The van der Waals surface area contributed by atoms with Crippen LogP contribution in [0.2, 0.25) is 0 Å². The van der Waals surface area contributed by atoms with Crippen molar-refractivity contribution < 1.29 is 28.1 Å². The van der Waals surface area contributed by atoms with Gasteiger partial charge >= 0.3 is 5.97 Å². The number of aromatic amines is 1. The van der Waals surface area contributed by atoms with E-state index in [2.05, 4.69) is 31.9 Å². The zero-order valence-corrected chi connectivity index (χ0v) is 33.8. The average molecular weight is 759 g/mol. The standard InChI is InChI=1S/C40H67N6O6P/c1-5-6-7-8-9-10-11-12-13-14-15-16-17-20-26-49-27-21-28-51-53(48,44-25-24-34-22-18-19-23-35(34)40(47)52-32(2)3)31-50-33(4)29-36-45-38(41)37-39(46-36)43-30-42-37/h18-19,22-23,30,32-33H,5-17,20-21,24-29,31H2,1-4H3,(H,44,48)(H3,41,42,43,45,46)/t33-,53+/m1/s1. The van der Waals surface area contributed by atoms with Crippen LogP contribution in [0.3, 0.4) is 0 Å². The fourth-order valence-corrected chi connectivity index (χ4v) is 7.70. The molecule has 298 valence electrons. The van der Waals surface area contributed by atoms with Crippen LogP contribution in [-0.4, -0.2) is 70.8 Å². The van der Waals surface area contributed by atoms with E-state index in [0.29, 0.717) is 60.8 Å². The topological polar surface area (TPSA) is 164 Å². The average Bonchev–Trinajstić information content (AvgIpc) is 3.61. The lowest BCUT2D eigenvalue weighted by Crippen LogP contribution is -2.23. The molecule has 0 aliphatic heterocycles. The molecule has 0 fully saturated rings. The molecule has 2 aromatic heterocycles. The number of aromatic nitrogens is 4. The number of anilines is 1. The van der Waals surface area contributed by atoms with Crippen molar-refractivity contribution in [1.29, 1.82) is 0 Å². The molecule has 12 nitrogen and oxygen atoms in total. The Labute approximate surface area is 318 Å². The number of carbonyl (C=O) groups excluding carboxylic acids is 1. The minimum Gasteiger partial charge on any atom is -0.459 e. The first kappa shape index (κ1) is 44.5. The third kappa shape index (κ3) is 18.3. The number of nitrogens with one attached hydrogen (secondary N) is 2. The first-order chi connectivity index (χ1) is 25.7. The summed E-state index contributed by atoms with van der Waals surface area (Å²) in [5.41, 5.74) is 8.43. The van der Waals surface area contributed by atoms with Crippen molar-refractivity contribution in [2.45, 2.75) is 149 Å². The van der Waals surface area contributed by atoms with Crippen molar-refractivity contribution >= 4 is 30.5 Å². The van der Waals surface area contributed by atoms with Crippen LogP contribution < -0.4 is 10.8 Å². The maximum atomic E-state index is 14.0. The number of hydrogen-bond donors (Lipinski definition) is 3. The lowest BCUT2D eigenvalue weighted by atomic mass is 10.0. The van der Waals surface area contributed by atoms with Gasteiger partial charge in [-0.25, -0.2) is 24.8 Å². The number of hydrogen-bond acceptors (Lipinski definition) is 10. The van der Waals surface area contributed by atoms with E-state index < -0.39 is 7.52 Å². The Kier molecular flexibility index (Phi) is 21.8. The van der Waals surface area contributed by atoms with Gasteiger partial charge in [-0.3, -0.25) is 4.57 Å². The van der Waals surface area contributed by atoms with Crippen LogP contribution in [0.25, 0.3) is 11.2 Å². The van der Waals surface area contributed by atoms with Crippen LogP contribution >= 0.6 is 7.52 Å². The van der Waals surface area contributed by atoms with Crippen LogP contribution in [0.5, 0.6) is 0 Å². The summed E-state index contributed by atoms with van der Waals surface area (Å²) in [7, 11) is -3.43. The van der Waals surface area contributed by atoms with Crippen LogP contribution in [-0.2, 0) is 36.1 Å². The molecule has 0 saturated carbocycles. The molecule has 3 aromatic rings. The van der Waals surface area contributed by atoms with Gasteiger partial charge in [0.1, 0.15) is 17.7 Å². The second-order valence-corrected chi connectivity index (χ2v) is 16.5. The van der Waals surface area contributed by atoms with Gasteiger partial charge in [0, 0.05) is 26.2 Å². The first-order valence-corrected chi connectivity index (χ1v) is 21.9. The van der Waals surface area contributed by atoms with E-state index >= 15 is 0 Å². The van der Waals surface area contributed by atoms with Crippen molar-refractivity contribution in [1.82, 2.24) is 25.0 Å². The second kappa shape index (κ2) is 26.0. The summed E-state index contributed by atoms with van der Waals surface area (Å²) >= 11 is 0. The smallest absolute Gasteiger partial charge is 0.338 e. The number of imidazole rings is 1. The molecule has 13 heteroatoms. The Morgan fingerprint density at radius 3 is 2.19 bits per heavy atom. The normalized spacial score (nSPS) is 13.5. The van der Waals surface area contributed by atoms with Crippen molar-refractivity contribution in [3.8, 4) is 0 Å². The van der Waals surface area contributed by atoms with Gasteiger partial charge < -0.3 is 29.5 Å². The van der Waals surface area contributed by atoms with Crippen molar-refractivity contribution in [2.24, 2.45) is 0 Å². The Hall–Kier alpha value is -2.89.